The molecule has 3 atom stereocenters. The molecule has 3 rings (SSSR count). The molecule has 1 aromatic heterocycles. The Labute approximate surface area is 173 Å². The Morgan fingerprint density at radius 1 is 1.18 bits per heavy atom. The fraction of sp³-hybridized carbons (Fsp3) is 0.909. The number of piperidine rings is 1. The molecular formula is C22H42N4OSi. The van der Waals surface area contributed by atoms with E-state index in [4.69, 9.17) is 4.43 Å². The summed E-state index contributed by atoms with van der Waals surface area (Å²) in [5, 5.41) is 13.2. The molecule has 6 heteroatoms. The van der Waals surface area contributed by atoms with Crippen molar-refractivity contribution in [2.75, 3.05) is 6.61 Å². The summed E-state index contributed by atoms with van der Waals surface area (Å²) in [5.74, 6) is 2.80. The van der Waals surface area contributed by atoms with Crippen molar-refractivity contribution in [2.24, 2.45) is 0 Å². The molecule has 5 nitrogen and oxygen atoms in total. The quantitative estimate of drug-likeness (QED) is 0.468. The van der Waals surface area contributed by atoms with E-state index in [1.54, 1.807) is 0 Å². The molecular weight excluding hydrogens is 364 g/mol. The zero-order valence-corrected chi connectivity index (χ0v) is 20.2. The Kier molecular flexibility index (Phi) is 6.72. The molecule has 0 spiro atoms. The van der Waals surface area contributed by atoms with E-state index >= 15 is 0 Å². The van der Waals surface area contributed by atoms with E-state index < -0.39 is 8.32 Å². The first-order valence-corrected chi connectivity index (χ1v) is 14.3. The van der Waals surface area contributed by atoms with Gasteiger partial charge in [0.25, 0.3) is 0 Å². The molecule has 0 amide bonds. The predicted octanol–water partition coefficient (Wildman–Crippen LogP) is 5.34. The number of hydrogen-bond acceptors (Lipinski definition) is 4. The fourth-order valence-electron chi connectivity index (χ4n) is 4.74. The Morgan fingerprint density at radius 2 is 1.82 bits per heavy atom. The van der Waals surface area contributed by atoms with Crippen molar-refractivity contribution in [3.63, 3.8) is 0 Å². The van der Waals surface area contributed by atoms with Crippen LogP contribution in [0, 0.1) is 6.92 Å². The maximum absolute atomic E-state index is 6.40. The van der Waals surface area contributed by atoms with Gasteiger partial charge in [0.05, 0.1) is 0 Å². The van der Waals surface area contributed by atoms with Crippen molar-refractivity contribution >= 4 is 8.32 Å². The van der Waals surface area contributed by atoms with Crippen molar-refractivity contribution in [1.82, 2.24) is 20.1 Å². The average molecular weight is 407 g/mol. The van der Waals surface area contributed by atoms with E-state index in [-0.39, 0.29) is 5.04 Å². The molecule has 3 unspecified atom stereocenters. The molecule has 2 bridgehead atoms. The van der Waals surface area contributed by atoms with Crippen LogP contribution in [0.15, 0.2) is 0 Å². The summed E-state index contributed by atoms with van der Waals surface area (Å²) in [6.45, 7) is 16.9. The van der Waals surface area contributed by atoms with Gasteiger partial charge < -0.3 is 14.3 Å². The maximum atomic E-state index is 6.40. The summed E-state index contributed by atoms with van der Waals surface area (Å²) < 4.78 is 8.90. The van der Waals surface area contributed by atoms with Crippen LogP contribution >= 0.6 is 0 Å². The van der Waals surface area contributed by atoms with Crippen LogP contribution in [0.5, 0.6) is 0 Å². The van der Waals surface area contributed by atoms with E-state index in [0.717, 1.165) is 31.7 Å². The smallest absolute Gasteiger partial charge is 0.191 e. The van der Waals surface area contributed by atoms with Gasteiger partial charge in [0.1, 0.15) is 11.6 Å². The van der Waals surface area contributed by atoms with Gasteiger partial charge in [-0.2, -0.15) is 0 Å². The molecule has 2 fully saturated rings. The number of hydrogen-bond donors (Lipinski definition) is 1. The summed E-state index contributed by atoms with van der Waals surface area (Å²) in [6, 6.07) is 1.95. The highest BCUT2D eigenvalue weighted by Gasteiger charge is 2.38. The second-order valence-corrected chi connectivity index (χ2v) is 15.4. The first-order chi connectivity index (χ1) is 13.1. The lowest BCUT2D eigenvalue weighted by Crippen LogP contribution is -2.41. The van der Waals surface area contributed by atoms with Crippen molar-refractivity contribution < 1.29 is 4.43 Å². The van der Waals surface area contributed by atoms with E-state index in [2.05, 4.69) is 67.8 Å². The lowest BCUT2D eigenvalue weighted by atomic mass is 9.96. The monoisotopic (exact) mass is 406 g/mol. The highest BCUT2D eigenvalue weighted by molar-refractivity contribution is 6.74. The third-order valence-corrected chi connectivity index (χ3v) is 12.1. The summed E-state index contributed by atoms with van der Waals surface area (Å²) in [6.07, 6.45) is 8.49. The lowest BCUT2D eigenvalue weighted by molar-refractivity contribution is 0.267. The van der Waals surface area contributed by atoms with Gasteiger partial charge in [-0.15, -0.1) is 10.2 Å². The normalized spacial score (nSPS) is 26.6. The van der Waals surface area contributed by atoms with Crippen molar-refractivity contribution in [3.8, 4) is 0 Å². The van der Waals surface area contributed by atoms with Crippen LogP contribution in [0.1, 0.15) is 96.2 Å². The molecule has 2 aliphatic rings. The summed E-state index contributed by atoms with van der Waals surface area (Å²) >= 11 is 0. The molecule has 0 saturated carbocycles. The van der Waals surface area contributed by atoms with Crippen LogP contribution in [0.25, 0.3) is 0 Å². The van der Waals surface area contributed by atoms with Gasteiger partial charge in [0.2, 0.25) is 0 Å². The minimum Gasteiger partial charge on any atom is -0.417 e. The Hall–Kier alpha value is -0.723. The van der Waals surface area contributed by atoms with E-state index in [9.17, 15) is 0 Å². The fourth-order valence-corrected chi connectivity index (χ4v) is 5.83. The number of rotatable bonds is 8. The van der Waals surface area contributed by atoms with Crippen LogP contribution < -0.4 is 5.32 Å². The van der Waals surface area contributed by atoms with Crippen molar-refractivity contribution in [1.29, 1.82) is 0 Å². The standard InChI is InChI=1S/C22H42N4OSi/c1-8-17(10-9-13-27-28(6,7)22(3,4)5)21-25-24-16(2)26(21)20-14-18-11-12-19(15-20)23-18/h17-20,23H,8-15H2,1-7H3. The minimum absolute atomic E-state index is 0.281. The van der Waals surface area contributed by atoms with Crippen LogP contribution in [-0.4, -0.2) is 41.8 Å². The molecule has 1 aromatic rings. The van der Waals surface area contributed by atoms with Gasteiger partial charge in [-0.1, -0.05) is 27.7 Å². The highest BCUT2D eigenvalue weighted by atomic mass is 28.4. The first kappa shape index (κ1) is 22.0. The third-order valence-electron chi connectivity index (χ3n) is 7.53. The summed E-state index contributed by atoms with van der Waals surface area (Å²) in [4.78, 5) is 0. The lowest BCUT2D eigenvalue weighted by Gasteiger charge is -2.36. The zero-order chi connectivity index (χ0) is 20.5. The third kappa shape index (κ3) is 4.70. The average Bonchev–Trinajstić information content (AvgIpc) is 3.16. The number of nitrogens with zero attached hydrogens (tertiary/aromatic N) is 3. The molecule has 0 aromatic carbocycles. The van der Waals surface area contributed by atoms with Crippen LogP contribution in [0.3, 0.4) is 0 Å². The number of aryl methyl sites for hydroxylation is 1. The Morgan fingerprint density at radius 3 is 2.39 bits per heavy atom. The molecule has 3 heterocycles. The molecule has 28 heavy (non-hydrogen) atoms. The topological polar surface area (TPSA) is 52.0 Å². The van der Waals surface area contributed by atoms with Gasteiger partial charge in [-0.3, -0.25) is 0 Å². The van der Waals surface area contributed by atoms with Crippen LogP contribution in [0.4, 0.5) is 0 Å². The number of aromatic nitrogens is 3. The van der Waals surface area contributed by atoms with Gasteiger partial charge in [-0.05, 0) is 70.0 Å². The van der Waals surface area contributed by atoms with E-state index in [1.807, 2.05) is 0 Å². The maximum Gasteiger partial charge on any atom is 0.191 e. The van der Waals surface area contributed by atoms with Crippen LogP contribution in [-0.2, 0) is 4.43 Å². The second-order valence-electron chi connectivity index (χ2n) is 10.6. The van der Waals surface area contributed by atoms with Gasteiger partial charge in [0.15, 0.2) is 8.32 Å². The molecule has 1 N–H and O–H groups in total. The molecule has 2 aliphatic heterocycles. The molecule has 2 saturated heterocycles. The Bertz CT molecular complexity index is 639. The van der Waals surface area contributed by atoms with Crippen molar-refractivity contribution in [3.05, 3.63) is 11.6 Å². The van der Waals surface area contributed by atoms with Gasteiger partial charge in [0, 0.05) is 30.7 Å². The molecule has 0 radical (unpaired) electrons. The first-order valence-electron chi connectivity index (χ1n) is 11.4. The summed E-state index contributed by atoms with van der Waals surface area (Å²) in [7, 11) is -1.65. The highest BCUT2D eigenvalue weighted by Crippen LogP contribution is 2.38. The van der Waals surface area contributed by atoms with Crippen LogP contribution in [0.2, 0.25) is 18.1 Å². The second kappa shape index (κ2) is 8.56. The predicted molar refractivity (Wildman–Crippen MR) is 118 cm³/mol. The summed E-state index contributed by atoms with van der Waals surface area (Å²) in [5.41, 5.74) is 0. The largest absolute Gasteiger partial charge is 0.417 e. The van der Waals surface area contributed by atoms with Gasteiger partial charge in [-0.25, -0.2) is 0 Å². The Balaban J connectivity index is 1.62. The molecule has 0 aliphatic carbocycles. The molecule has 160 valence electrons. The number of nitrogens with one attached hydrogen (secondary N) is 1. The van der Waals surface area contributed by atoms with Crippen molar-refractivity contribution in [2.45, 2.75) is 122 Å². The van der Waals surface area contributed by atoms with E-state index in [0.29, 0.717) is 24.0 Å². The van der Waals surface area contributed by atoms with E-state index in [1.165, 1.54) is 31.5 Å². The minimum atomic E-state index is -1.65. The number of fused-ring (bicyclic) bond motifs is 2. The van der Waals surface area contributed by atoms with Gasteiger partial charge >= 0.3 is 0 Å². The zero-order valence-electron chi connectivity index (χ0n) is 19.2. The SMILES string of the molecule is CCC(CCCO[Si](C)(C)C(C)(C)C)c1nnc(C)n1C1CC2CCC(C1)N2.